The van der Waals surface area contributed by atoms with Crippen molar-refractivity contribution < 1.29 is 4.74 Å². The molecule has 1 aromatic carbocycles. The highest BCUT2D eigenvalue weighted by Crippen LogP contribution is 2.17. The Labute approximate surface area is 97.3 Å². The van der Waals surface area contributed by atoms with E-state index >= 15 is 0 Å². The third kappa shape index (κ3) is 2.16. The second-order valence-electron chi connectivity index (χ2n) is 3.31. The van der Waals surface area contributed by atoms with Gasteiger partial charge < -0.3 is 9.72 Å². The van der Waals surface area contributed by atoms with Gasteiger partial charge in [-0.3, -0.25) is 4.79 Å². The standard InChI is InChI=1S/C12H9N3O2/c1-17-10-4-2-8(3-5-10)11-14-7-9(6-13)12(16)15-11/h2-5,7H,1H3,(H,14,15,16). The number of aromatic nitrogens is 2. The van der Waals surface area contributed by atoms with Gasteiger partial charge in [-0.2, -0.15) is 5.26 Å². The lowest BCUT2D eigenvalue weighted by Gasteiger charge is -2.02. The summed E-state index contributed by atoms with van der Waals surface area (Å²) in [5.41, 5.74) is 0.322. The van der Waals surface area contributed by atoms with Gasteiger partial charge in [0.25, 0.3) is 5.56 Å². The van der Waals surface area contributed by atoms with Crippen LogP contribution in [0.1, 0.15) is 5.56 Å². The fourth-order valence-electron chi connectivity index (χ4n) is 1.37. The Bertz CT molecular complexity index is 623. The summed E-state index contributed by atoms with van der Waals surface area (Å²) in [7, 11) is 1.58. The molecule has 5 nitrogen and oxygen atoms in total. The molecular formula is C12H9N3O2. The summed E-state index contributed by atoms with van der Waals surface area (Å²) in [5, 5.41) is 8.62. The average molecular weight is 227 g/mol. The van der Waals surface area contributed by atoms with Crippen LogP contribution >= 0.6 is 0 Å². The Morgan fingerprint density at radius 3 is 2.59 bits per heavy atom. The molecule has 0 unspecified atom stereocenters. The third-order valence-electron chi connectivity index (χ3n) is 2.28. The molecule has 0 atom stereocenters. The van der Waals surface area contributed by atoms with Gasteiger partial charge in [-0.05, 0) is 24.3 Å². The summed E-state index contributed by atoms with van der Waals surface area (Å²) in [6, 6.07) is 8.87. The zero-order chi connectivity index (χ0) is 12.3. The number of nitriles is 1. The van der Waals surface area contributed by atoms with Crippen molar-refractivity contribution in [3.05, 3.63) is 46.4 Å². The molecule has 1 aromatic heterocycles. The number of rotatable bonds is 2. The molecule has 0 aliphatic rings. The highest BCUT2D eigenvalue weighted by molar-refractivity contribution is 5.56. The second kappa shape index (κ2) is 4.49. The molecule has 0 fully saturated rings. The average Bonchev–Trinajstić information content (AvgIpc) is 2.39. The van der Waals surface area contributed by atoms with Crippen LogP contribution in [0.5, 0.6) is 5.75 Å². The van der Waals surface area contributed by atoms with Crippen LogP contribution in [-0.4, -0.2) is 17.1 Å². The third-order valence-corrected chi connectivity index (χ3v) is 2.28. The number of H-pyrrole nitrogens is 1. The Kier molecular flexibility index (Phi) is 2.88. The van der Waals surface area contributed by atoms with Crippen molar-refractivity contribution in [3.8, 4) is 23.2 Å². The monoisotopic (exact) mass is 227 g/mol. The summed E-state index contributed by atoms with van der Waals surface area (Å²) in [5.74, 6) is 1.15. The Morgan fingerprint density at radius 2 is 2.06 bits per heavy atom. The maximum absolute atomic E-state index is 11.4. The van der Waals surface area contributed by atoms with Gasteiger partial charge in [-0.1, -0.05) is 0 Å². The molecule has 0 aliphatic carbocycles. The van der Waals surface area contributed by atoms with Crippen LogP contribution in [0.15, 0.2) is 35.3 Å². The first-order valence-corrected chi connectivity index (χ1v) is 4.88. The van der Waals surface area contributed by atoms with Gasteiger partial charge in [0.05, 0.1) is 13.3 Å². The number of nitrogens with zero attached hydrogens (tertiary/aromatic N) is 2. The topological polar surface area (TPSA) is 78.8 Å². The minimum atomic E-state index is -0.437. The second-order valence-corrected chi connectivity index (χ2v) is 3.31. The van der Waals surface area contributed by atoms with E-state index in [9.17, 15) is 4.79 Å². The van der Waals surface area contributed by atoms with Crippen LogP contribution < -0.4 is 10.3 Å². The van der Waals surface area contributed by atoms with Crippen molar-refractivity contribution in [1.29, 1.82) is 5.26 Å². The van der Waals surface area contributed by atoms with Crippen molar-refractivity contribution in [2.24, 2.45) is 0 Å². The van der Waals surface area contributed by atoms with Crippen LogP contribution in [0.3, 0.4) is 0 Å². The van der Waals surface area contributed by atoms with E-state index in [0.717, 1.165) is 11.3 Å². The van der Waals surface area contributed by atoms with Crippen LogP contribution in [0.4, 0.5) is 0 Å². The number of hydrogen-bond acceptors (Lipinski definition) is 4. The largest absolute Gasteiger partial charge is 0.497 e. The molecule has 17 heavy (non-hydrogen) atoms. The van der Waals surface area contributed by atoms with E-state index in [1.807, 2.05) is 0 Å². The van der Waals surface area contributed by atoms with Crippen molar-refractivity contribution in [2.75, 3.05) is 7.11 Å². The highest BCUT2D eigenvalue weighted by atomic mass is 16.5. The zero-order valence-electron chi connectivity index (χ0n) is 9.10. The maximum atomic E-state index is 11.4. The summed E-state index contributed by atoms with van der Waals surface area (Å²) in [6.07, 6.45) is 1.26. The predicted octanol–water partition coefficient (Wildman–Crippen LogP) is 1.32. The lowest BCUT2D eigenvalue weighted by atomic mass is 10.2. The Hall–Kier alpha value is -2.61. The first kappa shape index (κ1) is 10.9. The molecule has 84 valence electrons. The summed E-state index contributed by atoms with van der Waals surface area (Å²) < 4.78 is 5.03. The van der Waals surface area contributed by atoms with Crippen molar-refractivity contribution in [1.82, 2.24) is 9.97 Å². The number of hydrogen-bond donors (Lipinski definition) is 1. The number of methoxy groups -OCH3 is 1. The van der Waals surface area contributed by atoms with Crippen molar-refractivity contribution in [3.63, 3.8) is 0 Å². The van der Waals surface area contributed by atoms with E-state index in [-0.39, 0.29) is 5.56 Å². The summed E-state index contributed by atoms with van der Waals surface area (Å²) in [4.78, 5) is 18.0. The number of ether oxygens (including phenoxy) is 1. The van der Waals surface area contributed by atoms with Crippen LogP contribution in [0.2, 0.25) is 0 Å². The van der Waals surface area contributed by atoms with Gasteiger partial charge in [0, 0.05) is 5.56 Å². The van der Waals surface area contributed by atoms with Crippen molar-refractivity contribution in [2.45, 2.75) is 0 Å². The fourth-order valence-corrected chi connectivity index (χ4v) is 1.37. The lowest BCUT2D eigenvalue weighted by molar-refractivity contribution is 0.415. The summed E-state index contributed by atoms with van der Waals surface area (Å²) in [6.45, 7) is 0. The molecule has 5 heteroatoms. The fraction of sp³-hybridized carbons (Fsp3) is 0.0833. The van der Waals surface area contributed by atoms with Gasteiger partial charge in [-0.15, -0.1) is 0 Å². The molecule has 0 radical (unpaired) electrons. The molecule has 2 rings (SSSR count). The van der Waals surface area contributed by atoms with E-state index in [1.165, 1.54) is 6.20 Å². The molecule has 0 spiro atoms. The molecule has 0 bridgehead atoms. The van der Waals surface area contributed by atoms with E-state index in [4.69, 9.17) is 10.00 Å². The molecule has 0 saturated heterocycles. The normalized spacial score (nSPS) is 9.65. The quantitative estimate of drug-likeness (QED) is 0.839. The SMILES string of the molecule is COc1ccc(-c2ncc(C#N)c(=O)[nH]2)cc1. The molecule has 1 N–H and O–H groups in total. The minimum Gasteiger partial charge on any atom is -0.497 e. The number of nitrogens with one attached hydrogen (secondary N) is 1. The molecule has 2 aromatic rings. The Morgan fingerprint density at radius 1 is 1.35 bits per heavy atom. The van der Waals surface area contributed by atoms with E-state index < -0.39 is 5.56 Å². The lowest BCUT2D eigenvalue weighted by Crippen LogP contribution is -2.11. The maximum Gasteiger partial charge on any atom is 0.269 e. The van der Waals surface area contributed by atoms with Gasteiger partial charge in [0.2, 0.25) is 0 Å². The molecule has 1 heterocycles. The molecule has 0 aliphatic heterocycles. The van der Waals surface area contributed by atoms with Crippen LogP contribution in [0.25, 0.3) is 11.4 Å². The Balaban J connectivity index is 2.43. The van der Waals surface area contributed by atoms with E-state index in [1.54, 1.807) is 37.4 Å². The molecular weight excluding hydrogens is 218 g/mol. The zero-order valence-corrected chi connectivity index (χ0v) is 9.10. The summed E-state index contributed by atoms with van der Waals surface area (Å²) >= 11 is 0. The van der Waals surface area contributed by atoms with E-state index in [2.05, 4.69) is 9.97 Å². The molecule has 0 saturated carbocycles. The van der Waals surface area contributed by atoms with Gasteiger partial charge in [-0.25, -0.2) is 4.98 Å². The molecule has 0 amide bonds. The van der Waals surface area contributed by atoms with Gasteiger partial charge in [0.15, 0.2) is 0 Å². The van der Waals surface area contributed by atoms with Gasteiger partial charge >= 0.3 is 0 Å². The minimum absolute atomic E-state index is 0.00209. The highest BCUT2D eigenvalue weighted by Gasteiger charge is 2.04. The number of benzene rings is 1. The first-order valence-electron chi connectivity index (χ1n) is 4.88. The van der Waals surface area contributed by atoms with Crippen molar-refractivity contribution >= 4 is 0 Å². The van der Waals surface area contributed by atoms with Crippen LogP contribution in [-0.2, 0) is 0 Å². The first-order chi connectivity index (χ1) is 8.24. The smallest absolute Gasteiger partial charge is 0.269 e. The number of aromatic amines is 1. The predicted molar refractivity (Wildman–Crippen MR) is 61.6 cm³/mol. The van der Waals surface area contributed by atoms with Crippen LogP contribution in [0, 0.1) is 11.3 Å². The van der Waals surface area contributed by atoms with Gasteiger partial charge in [0.1, 0.15) is 23.2 Å². The van der Waals surface area contributed by atoms with E-state index in [0.29, 0.717) is 5.82 Å².